The number of ether oxygens (including phenoxy) is 1. The maximum atomic E-state index is 6.10. The first-order valence-electron chi connectivity index (χ1n) is 9.46. The predicted molar refractivity (Wildman–Crippen MR) is 123 cm³/mol. The van der Waals surface area contributed by atoms with Gasteiger partial charge in [0, 0.05) is 37.4 Å². The first-order chi connectivity index (χ1) is 12.3. The van der Waals surface area contributed by atoms with E-state index in [-0.39, 0.29) is 30.1 Å². The number of nitrogens with zero attached hydrogens (tertiary/aromatic N) is 1. The molecule has 1 saturated carbocycles. The summed E-state index contributed by atoms with van der Waals surface area (Å²) in [4.78, 5) is 4.43. The molecule has 1 aliphatic carbocycles. The van der Waals surface area contributed by atoms with Crippen molar-refractivity contribution in [2.45, 2.75) is 49.5 Å². The maximum absolute atomic E-state index is 6.10. The van der Waals surface area contributed by atoms with E-state index in [0.29, 0.717) is 12.0 Å². The van der Waals surface area contributed by atoms with Crippen molar-refractivity contribution >= 4 is 41.7 Å². The molecule has 26 heavy (non-hydrogen) atoms. The lowest BCUT2D eigenvalue weighted by molar-refractivity contribution is -0.0265. The second kappa shape index (κ2) is 11.4. The predicted octanol–water partition coefficient (Wildman–Crippen LogP) is 4.22. The highest BCUT2D eigenvalue weighted by molar-refractivity contribution is 14.0. The lowest BCUT2D eigenvalue weighted by Crippen LogP contribution is -2.45. The van der Waals surface area contributed by atoms with Crippen LogP contribution in [-0.4, -0.2) is 43.7 Å². The van der Waals surface area contributed by atoms with E-state index in [2.05, 4.69) is 52.2 Å². The van der Waals surface area contributed by atoms with Gasteiger partial charge in [0.05, 0.1) is 6.10 Å². The van der Waals surface area contributed by atoms with Gasteiger partial charge in [-0.25, -0.2) is 0 Å². The summed E-state index contributed by atoms with van der Waals surface area (Å²) in [5, 5.41) is 7.96. The van der Waals surface area contributed by atoms with Gasteiger partial charge in [0.15, 0.2) is 5.96 Å². The summed E-state index contributed by atoms with van der Waals surface area (Å²) in [6.45, 7) is 1.76. The normalized spacial score (nSPS) is 29.1. The van der Waals surface area contributed by atoms with Crippen molar-refractivity contribution in [3.63, 3.8) is 0 Å². The monoisotopic (exact) mass is 489 g/mol. The summed E-state index contributed by atoms with van der Waals surface area (Å²) >= 11 is 1.99. The smallest absolute Gasteiger partial charge is 0.191 e. The van der Waals surface area contributed by atoms with E-state index in [1.54, 1.807) is 0 Å². The third-order valence-corrected chi connectivity index (χ3v) is 6.48. The van der Waals surface area contributed by atoms with Gasteiger partial charge in [-0.15, -0.1) is 24.0 Å². The highest BCUT2D eigenvalue weighted by Gasteiger charge is 2.28. The Morgan fingerprint density at radius 1 is 1.23 bits per heavy atom. The quantitative estimate of drug-likeness (QED) is 0.370. The Bertz CT molecular complexity index is 557. The summed E-state index contributed by atoms with van der Waals surface area (Å²) in [7, 11) is 1.86. The number of hydrogen-bond donors (Lipinski definition) is 2. The summed E-state index contributed by atoms with van der Waals surface area (Å²) < 4.78 is 6.10. The Kier molecular flexibility index (Phi) is 9.56. The number of benzene rings is 1. The topological polar surface area (TPSA) is 45.7 Å². The van der Waals surface area contributed by atoms with Gasteiger partial charge in [-0.2, -0.15) is 11.8 Å². The van der Waals surface area contributed by atoms with E-state index in [0.717, 1.165) is 30.8 Å². The summed E-state index contributed by atoms with van der Waals surface area (Å²) in [5.41, 5.74) is 1.29. The van der Waals surface area contributed by atoms with E-state index in [4.69, 9.17) is 4.74 Å². The van der Waals surface area contributed by atoms with Crippen LogP contribution in [0.25, 0.3) is 0 Å². The number of aliphatic imine (C=N–C) groups is 1. The zero-order valence-electron chi connectivity index (χ0n) is 15.8. The van der Waals surface area contributed by atoms with E-state index in [1.165, 1.54) is 31.2 Å². The minimum atomic E-state index is 0. The summed E-state index contributed by atoms with van der Waals surface area (Å²) in [6.07, 6.45) is 8.52. The van der Waals surface area contributed by atoms with Crippen molar-refractivity contribution in [1.29, 1.82) is 0 Å². The van der Waals surface area contributed by atoms with Gasteiger partial charge in [-0.1, -0.05) is 30.3 Å². The van der Waals surface area contributed by atoms with Crippen LogP contribution in [0.15, 0.2) is 35.3 Å². The maximum Gasteiger partial charge on any atom is 0.191 e. The molecule has 0 bridgehead atoms. The first-order valence-corrected chi connectivity index (χ1v) is 10.8. The Balaban J connectivity index is 0.00000243. The van der Waals surface area contributed by atoms with Crippen molar-refractivity contribution in [1.82, 2.24) is 10.6 Å². The minimum Gasteiger partial charge on any atom is -0.373 e. The first kappa shape index (κ1) is 21.8. The number of hydrogen-bond acceptors (Lipinski definition) is 3. The molecule has 4 nitrogen and oxygen atoms in total. The van der Waals surface area contributed by atoms with Crippen LogP contribution in [0.4, 0.5) is 0 Å². The number of halogens is 1. The molecule has 1 aromatic carbocycles. The molecular formula is C20H32IN3OS. The third-order valence-electron chi connectivity index (χ3n) is 5.39. The van der Waals surface area contributed by atoms with Gasteiger partial charge in [0.2, 0.25) is 0 Å². The molecule has 2 N–H and O–H groups in total. The van der Waals surface area contributed by atoms with E-state index >= 15 is 0 Å². The van der Waals surface area contributed by atoms with Crippen molar-refractivity contribution in [2.24, 2.45) is 10.9 Å². The molecule has 1 heterocycles. The Morgan fingerprint density at radius 2 is 2.04 bits per heavy atom. The van der Waals surface area contributed by atoms with Crippen LogP contribution in [0, 0.1) is 5.92 Å². The molecule has 3 rings (SSSR count). The van der Waals surface area contributed by atoms with Crippen LogP contribution >= 0.6 is 35.7 Å². The lowest BCUT2D eigenvalue weighted by Gasteiger charge is -2.33. The SMILES string of the molecule is CN=C(NCC1CCCOC1c1ccccc1)NC1CCC(SC)C1.I. The zero-order chi connectivity index (χ0) is 17.5. The molecule has 0 spiro atoms. The van der Waals surface area contributed by atoms with E-state index in [9.17, 15) is 0 Å². The molecule has 146 valence electrons. The zero-order valence-corrected chi connectivity index (χ0v) is 19.0. The number of guanidine groups is 1. The van der Waals surface area contributed by atoms with Crippen LogP contribution in [0.1, 0.15) is 43.8 Å². The van der Waals surface area contributed by atoms with Gasteiger partial charge < -0.3 is 15.4 Å². The molecule has 2 aliphatic rings. The molecule has 4 atom stereocenters. The van der Waals surface area contributed by atoms with E-state index < -0.39 is 0 Å². The van der Waals surface area contributed by atoms with Gasteiger partial charge >= 0.3 is 0 Å². The van der Waals surface area contributed by atoms with Gasteiger partial charge in [0.1, 0.15) is 0 Å². The third kappa shape index (κ3) is 6.02. The Morgan fingerprint density at radius 3 is 2.73 bits per heavy atom. The average molecular weight is 489 g/mol. The standard InChI is InChI=1S/C20H31N3OS.HI/c1-21-20(23-17-10-11-18(13-17)25-2)22-14-16-9-6-12-24-19(16)15-7-4-3-5-8-15;/h3-5,7-8,16-19H,6,9-14H2,1-2H3,(H2,21,22,23);1H. The van der Waals surface area contributed by atoms with Gasteiger partial charge in [-0.3, -0.25) is 4.99 Å². The molecule has 0 aromatic heterocycles. The number of thioether (sulfide) groups is 1. The number of nitrogens with one attached hydrogen (secondary N) is 2. The Hall–Kier alpha value is -0.470. The lowest BCUT2D eigenvalue weighted by atomic mass is 9.89. The largest absolute Gasteiger partial charge is 0.373 e. The second-order valence-corrected chi connectivity index (χ2v) is 8.21. The fraction of sp³-hybridized carbons (Fsp3) is 0.650. The fourth-order valence-corrected chi connectivity index (χ4v) is 4.76. The minimum absolute atomic E-state index is 0. The average Bonchev–Trinajstić information content (AvgIpc) is 3.13. The van der Waals surface area contributed by atoms with Gasteiger partial charge in [-0.05, 0) is 43.9 Å². The number of rotatable bonds is 5. The highest BCUT2D eigenvalue weighted by atomic mass is 127. The van der Waals surface area contributed by atoms with Crippen molar-refractivity contribution in [3.8, 4) is 0 Å². The summed E-state index contributed by atoms with van der Waals surface area (Å²) in [6, 6.07) is 11.2. The van der Waals surface area contributed by atoms with Crippen LogP contribution in [0.2, 0.25) is 0 Å². The van der Waals surface area contributed by atoms with Crippen molar-refractivity contribution < 1.29 is 4.74 Å². The molecule has 0 amide bonds. The molecular weight excluding hydrogens is 457 g/mol. The molecule has 6 heteroatoms. The van der Waals surface area contributed by atoms with Crippen LogP contribution in [0.5, 0.6) is 0 Å². The molecule has 0 radical (unpaired) electrons. The Labute approximate surface area is 179 Å². The molecule has 1 saturated heterocycles. The van der Waals surface area contributed by atoms with Gasteiger partial charge in [0.25, 0.3) is 0 Å². The van der Waals surface area contributed by atoms with E-state index in [1.807, 2.05) is 18.8 Å². The molecule has 1 aromatic rings. The summed E-state index contributed by atoms with van der Waals surface area (Å²) in [5.74, 6) is 1.42. The van der Waals surface area contributed by atoms with Crippen LogP contribution in [0.3, 0.4) is 0 Å². The van der Waals surface area contributed by atoms with Crippen LogP contribution < -0.4 is 10.6 Å². The highest BCUT2D eigenvalue weighted by Crippen LogP contribution is 2.33. The van der Waals surface area contributed by atoms with Crippen molar-refractivity contribution in [3.05, 3.63) is 35.9 Å². The molecule has 2 fully saturated rings. The second-order valence-electron chi connectivity index (χ2n) is 7.07. The van der Waals surface area contributed by atoms with Crippen molar-refractivity contribution in [2.75, 3.05) is 26.5 Å². The molecule has 4 unspecified atom stereocenters. The molecule has 1 aliphatic heterocycles. The fourth-order valence-electron chi connectivity index (χ4n) is 3.96. The van der Waals surface area contributed by atoms with Crippen LogP contribution in [-0.2, 0) is 4.74 Å².